The molecule has 5 heteroatoms. The van der Waals surface area contributed by atoms with Crippen molar-refractivity contribution in [2.45, 2.75) is 18.8 Å². The lowest BCUT2D eigenvalue weighted by molar-refractivity contribution is 0.412. The van der Waals surface area contributed by atoms with Gasteiger partial charge in [-0.25, -0.2) is 4.98 Å². The van der Waals surface area contributed by atoms with E-state index < -0.39 is 0 Å². The topological polar surface area (TPSA) is 46.8 Å². The van der Waals surface area contributed by atoms with Crippen molar-refractivity contribution < 1.29 is 4.74 Å². The molecule has 0 bridgehead atoms. The number of rotatable bonds is 3. The molecule has 0 aliphatic carbocycles. The zero-order valence-electron chi connectivity index (χ0n) is 14.3. The number of hydrogen-bond donors (Lipinski definition) is 0. The van der Waals surface area contributed by atoms with Gasteiger partial charge in [-0.15, -0.1) is 0 Å². The van der Waals surface area contributed by atoms with E-state index in [1.165, 1.54) is 5.56 Å². The van der Waals surface area contributed by atoms with Crippen LogP contribution in [0.15, 0.2) is 59.5 Å². The van der Waals surface area contributed by atoms with Gasteiger partial charge in [-0.1, -0.05) is 18.2 Å². The summed E-state index contributed by atoms with van der Waals surface area (Å²) < 4.78 is 6.91. The number of aromatic nitrogens is 2. The number of benzene rings is 1. The van der Waals surface area contributed by atoms with Crippen molar-refractivity contribution in [1.82, 2.24) is 9.38 Å². The van der Waals surface area contributed by atoms with Gasteiger partial charge in [-0.2, -0.15) is 0 Å². The summed E-state index contributed by atoms with van der Waals surface area (Å²) >= 11 is 0. The van der Waals surface area contributed by atoms with E-state index in [4.69, 9.17) is 4.74 Å². The van der Waals surface area contributed by atoms with Gasteiger partial charge in [0.1, 0.15) is 17.2 Å². The Morgan fingerprint density at radius 1 is 1.08 bits per heavy atom. The van der Waals surface area contributed by atoms with Gasteiger partial charge in [-0.05, 0) is 48.6 Å². The fourth-order valence-corrected chi connectivity index (χ4v) is 3.54. The van der Waals surface area contributed by atoms with Crippen LogP contribution in [0.2, 0.25) is 0 Å². The van der Waals surface area contributed by atoms with E-state index in [0.29, 0.717) is 11.6 Å². The summed E-state index contributed by atoms with van der Waals surface area (Å²) in [6.07, 6.45) is 3.84. The van der Waals surface area contributed by atoms with Crippen LogP contribution in [-0.2, 0) is 0 Å². The Morgan fingerprint density at radius 3 is 2.72 bits per heavy atom. The van der Waals surface area contributed by atoms with E-state index in [9.17, 15) is 4.79 Å². The maximum atomic E-state index is 12.3. The third-order valence-electron chi connectivity index (χ3n) is 4.94. The van der Waals surface area contributed by atoms with Crippen molar-refractivity contribution >= 4 is 11.5 Å². The summed E-state index contributed by atoms with van der Waals surface area (Å²) in [5.41, 5.74) is 1.99. The van der Waals surface area contributed by atoms with Gasteiger partial charge in [0, 0.05) is 25.4 Å². The van der Waals surface area contributed by atoms with Crippen LogP contribution < -0.4 is 15.2 Å². The fourth-order valence-electron chi connectivity index (χ4n) is 3.54. The average Bonchev–Trinajstić information content (AvgIpc) is 2.68. The Labute approximate surface area is 146 Å². The van der Waals surface area contributed by atoms with Crippen LogP contribution in [0.1, 0.15) is 24.3 Å². The molecule has 0 atom stereocenters. The molecular formula is C20H21N3O2. The Morgan fingerprint density at radius 2 is 1.92 bits per heavy atom. The van der Waals surface area contributed by atoms with Gasteiger partial charge in [0.2, 0.25) is 0 Å². The summed E-state index contributed by atoms with van der Waals surface area (Å²) in [5, 5.41) is 0. The number of methoxy groups -OCH3 is 1. The molecule has 4 rings (SSSR count). The minimum atomic E-state index is -0.0319. The third-order valence-corrected chi connectivity index (χ3v) is 4.94. The molecule has 1 fully saturated rings. The number of anilines is 1. The normalized spacial score (nSPS) is 15.5. The van der Waals surface area contributed by atoms with E-state index in [-0.39, 0.29) is 5.56 Å². The molecule has 1 aliphatic heterocycles. The molecule has 5 nitrogen and oxygen atoms in total. The van der Waals surface area contributed by atoms with E-state index in [2.05, 4.69) is 22.0 Å². The van der Waals surface area contributed by atoms with Crippen LogP contribution in [0.4, 0.5) is 5.82 Å². The molecule has 1 saturated heterocycles. The van der Waals surface area contributed by atoms with Crippen molar-refractivity contribution in [3.63, 3.8) is 0 Å². The highest BCUT2D eigenvalue weighted by Crippen LogP contribution is 2.31. The fraction of sp³-hybridized carbons (Fsp3) is 0.300. The van der Waals surface area contributed by atoms with Crippen LogP contribution in [0, 0.1) is 0 Å². The SMILES string of the molecule is COc1cccc(C2CCN(c3cc(=O)n4ccccc4n3)CC2)c1. The van der Waals surface area contributed by atoms with Gasteiger partial charge in [0.25, 0.3) is 5.56 Å². The Bertz CT molecular complexity index is 943. The number of hydrogen-bond acceptors (Lipinski definition) is 4. The predicted octanol–water partition coefficient (Wildman–Crippen LogP) is 3.09. The van der Waals surface area contributed by atoms with E-state index in [0.717, 1.165) is 37.5 Å². The summed E-state index contributed by atoms with van der Waals surface area (Å²) in [6.45, 7) is 1.80. The number of nitrogens with zero attached hydrogens (tertiary/aromatic N) is 3. The highest BCUT2D eigenvalue weighted by molar-refractivity contribution is 5.48. The first-order valence-electron chi connectivity index (χ1n) is 8.62. The first-order valence-corrected chi connectivity index (χ1v) is 8.62. The molecule has 0 unspecified atom stereocenters. The van der Waals surface area contributed by atoms with Crippen molar-refractivity contribution in [3.05, 3.63) is 70.6 Å². The first-order chi connectivity index (χ1) is 12.2. The molecule has 1 aliphatic rings. The first kappa shape index (κ1) is 15.7. The standard InChI is InChI=1S/C20H21N3O2/c1-25-17-6-4-5-16(13-17)15-8-11-22(12-9-15)19-14-20(24)23-10-3-2-7-18(23)21-19/h2-7,10,13-15H,8-9,11-12H2,1H3. The van der Waals surface area contributed by atoms with Gasteiger partial charge >= 0.3 is 0 Å². The minimum Gasteiger partial charge on any atom is -0.497 e. The van der Waals surface area contributed by atoms with Crippen LogP contribution in [0.5, 0.6) is 5.75 Å². The van der Waals surface area contributed by atoms with Crippen molar-refractivity contribution in [3.8, 4) is 5.75 Å². The average molecular weight is 335 g/mol. The smallest absolute Gasteiger partial charge is 0.259 e. The lowest BCUT2D eigenvalue weighted by Crippen LogP contribution is -2.34. The van der Waals surface area contributed by atoms with Crippen LogP contribution in [-0.4, -0.2) is 29.6 Å². The quantitative estimate of drug-likeness (QED) is 0.738. The number of ether oxygens (including phenoxy) is 1. The largest absolute Gasteiger partial charge is 0.497 e. The monoisotopic (exact) mass is 335 g/mol. The van der Waals surface area contributed by atoms with Crippen molar-refractivity contribution in [2.24, 2.45) is 0 Å². The molecule has 1 aromatic carbocycles. The molecular weight excluding hydrogens is 314 g/mol. The molecule has 2 aromatic heterocycles. The van der Waals surface area contributed by atoms with Gasteiger partial charge in [0.15, 0.2) is 0 Å². The molecule has 0 amide bonds. The summed E-state index contributed by atoms with van der Waals surface area (Å²) in [5.74, 6) is 2.21. The third kappa shape index (κ3) is 3.09. The van der Waals surface area contributed by atoms with E-state index in [1.54, 1.807) is 23.8 Å². The lowest BCUT2D eigenvalue weighted by Gasteiger charge is -2.33. The Balaban J connectivity index is 1.53. The van der Waals surface area contributed by atoms with E-state index in [1.807, 2.05) is 30.3 Å². The maximum Gasteiger partial charge on any atom is 0.259 e. The molecule has 25 heavy (non-hydrogen) atoms. The van der Waals surface area contributed by atoms with Crippen LogP contribution in [0.3, 0.4) is 0 Å². The second kappa shape index (κ2) is 6.59. The molecule has 0 N–H and O–H groups in total. The Kier molecular flexibility index (Phi) is 4.14. The van der Waals surface area contributed by atoms with Crippen molar-refractivity contribution in [2.75, 3.05) is 25.1 Å². The number of pyridine rings is 1. The Hall–Kier alpha value is -2.82. The molecule has 0 radical (unpaired) electrons. The summed E-state index contributed by atoms with van der Waals surface area (Å²) in [4.78, 5) is 19.1. The highest BCUT2D eigenvalue weighted by atomic mass is 16.5. The lowest BCUT2D eigenvalue weighted by atomic mass is 9.89. The molecule has 3 heterocycles. The molecule has 3 aromatic rings. The second-order valence-electron chi connectivity index (χ2n) is 6.42. The maximum absolute atomic E-state index is 12.3. The second-order valence-corrected chi connectivity index (χ2v) is 6.42. The van der Waals surface area contributed by atoms with Gasteiger partial charge < -0.3 is 9.64 Å². The summed E-state index contributed by atoms with van der Waals surface area (Å²) in [6, 6.07) is 15.6. The zero-order valence-corrected chi connectivity index (χ0v) is 14.3. The van der Waals surface area contributed by atoms with Crippen LogP contribution in [0.25, 0.3) is 5.65 Å². The van der Waals surface area contributed by atoms with E-state index >= 15 is 0 Å². The van der Waals surface area contributed by atoms with Gasteiger partial charge in [-0.3, -0.25) is 9.20 Å². The number of fused-ring (bicyclic) bond motifs is 1. The predicted molar refractivity (Wildman–Crippen MR) is 98.6 cm³/mol. The van der Waals surface area contributed by atoms with Gasteiger partial charge in [0.05, 0.1) is 7.11 Å². The molecule has 128 valence electrons. The molecule has 0 spiro atoms. The number of piperidine rings is 1. The highest BCUT2D eigenvalue weighted by Gasteiger charge is 2.22. The summed E-state index contributed by atoms with van der Waals surface area (Å²) in [7, 11) is 1.70. The zero-order chi connectivity index (χ0) is 17.2. The van der Waals surface area contributed by atoms with Crippen molar-refractivity contribution in [1.29, 1.82) is 0 Å². The molecule has 0 saturated carbocycles. The van der Waals surface area contributed by atoms with Crippen LogP contribution >= 0.6 is 0 Å². The minimum absolute atomic E-state index is 0.0319.